The predicted octanol–water partition coefficient (Wildman–Crippen LogP) is 3.68. The van der Waals surface area contributed by atoms with Gasteiger partial charge in [-0.3, -0.25) is 9.59 Å². The van der Waals surface area contributed by atoms with Gasteiger partial charge in [0.05, 0.1) is 7.11 Å². The van der Waals surface area contributed by atoms with E-state index in [9.17, 15) is 9.59 Å². The predicted molar refractivity (Wildman–Crippen MR) is 110 cm³/mol. The normalized spacial score (nSPS) is 14.2. The highest BCUT2D eigenvalue weighted by Gasteiger charge is 2.17. The minimum Gasteiger partial charge on any atom is -0.497 e. The summed E-state index contributed by atoms with van der Waals surface area (Å²) in [5.74, 6) is 0.762. The zero-order chi connectivity index (χ0) is 19.8. The van der Waals surface area contributed by atoms with Gasteiger partial charge in [-0.1, -0.05) is 25.0 Å². The maximum Gasteiger partial charge on any atom is 0.253 e. The number of rotatable bonds is 6. The third-order valence-electron chi connectivity index (χ3n) is 5.15. The first-order chi connectivity index (χ1) is 13.7. The number of hydrogen-bond donors (Lipinski definition) is 1. The molecule has 0 saturated carbocycles. The molecule has 1 saturated heterocycles. The van der Waals surface area contributed by atoms with Crippen LogP contribution in [0.2, 0.25) is 0 Å². The van der Waals surface area contributed by atoms with Gasteiger partial charge in [0.2, 0.25) is 0 Å². The van der Waals surface area contributed by atoms with Gasteiger partial charge in [-0.05, 0) is 61.2 Å². The summed E-state index contributed by atoms with van der Waals surface area (Å²) in [5.41, 5.74) is 2.36. The Hall–Kier alpha value is -2.82. The molecule has 2 aromatic rings. The SMILES string of the molecule is COc1ccc(CCNC(=O)c2ccc(C(=O)N3CCCCCC3)cc2)cc1. The summed E-state index contributed by atoms with van der Waals surface area (Å²) in [6.45, 7) is 2.21. The van der Waals surface area contributed by atoms with Crippen molar-refractivity contribution in [1.29, 1.82) is 0 Å². The highest BCUT2D eigenvalue weighted by atomic mass is 16.5. The zero-order valence-corrected chi connectivity index (χ0v) is 16.4. The summed E-state index contributed by atoms with van der Waals surface area (Å²) in [6, 6.07) is 14.8. The van der Waals surface area contributed by atoms with Gasteiger partial charge in [-0.15, -0.1) is 0 Å². The van der Waals surface area contributed by atoms with E-state index in [4.69, 9.17) is 4.74 Å². The molecule has 1 aliphatic rings. The average Bonchev–Trinajstić information content (AvgIpc) is 3.03. The molecule has 0 radical (unpaired) electrons. The number of carbonyl (C=O) groups excluding carboxylic acids is 2. The molecule has 5 heteroatoms. The van der Waals surface area contributed by atoms with Gasteiger partial charge in [0.15, 0.2) is 0 Å². The monoisotopic (exact) mass is 380 g/mol. The van der Waals surface area contributed by atoms with Gasteiger partial charge in [0, 0.05) is 30.8 Å². The number of benzene rings is 2. The number of methoxy groups -OCH3 is 1. The van der Waals surface area contributed by atoms with Crippen molar-refractivity contribution in [2.45, 2.75) is 32.1 Å². The molecule has 148 valence electrons. The number of likely N-dealkylation sites (tertiary alicyclic amines) is 1. The summed E-state index contributed by atoms with van der Waals surface area (Å²) in [5, 5.41) is 2.93. The molecule has 5 nitrogen and oxygen atoms in total. The molecule has 2 amide bonds. The highest BCUT2D eigenvalue weighted by molar-refractivity contribution is 5.97. The second kappa shape index (κ2) is 9.93. The summed E-state index contributed by atoms with van der Waals surface area (Å²) in [7, 11) is 1.64. The average molecular weight is 380 g/mol. The van der Waals surface area contributed by atoms with Gasteiger partial charge in [0.1, 0.15) is 5.75 Å². The fraction of sp³-hybridized carbons (Fsp3) is 0.391. The Labute approximate surface area is 166 Å². The first-order valence-electron chi connectivity index (χ1n) is 9.98. The standard InChI is InChI=1S/C23H28N2O3/c1-28-21-12-6-18(7-13-21)14-15-24-22(26)19-8-10-20(11-9-19)23(27)25-16-4-2-3-5-17-25/h6-13H,2-5,14-17H2,1H3,(H,24,26). The Balaban J connectivity index is 1.50. The number of ether oxygens (including phenoxy) is 1. The molecule has 0 aliphatic carbocycles. The first-order valence-corrected chi connectivity index (χ1v) is 9.98. The molecule has 3 rings (SSSR count). The molecule has 0 spiro atoms. The van der Waals surface area contributed by atoms with Gasteiger partial charge >= 0.3 is 0 Å². The van der Waals surface area contributed by atoms with Gasteiger partial charge in [-0.2, -0.15) is 0 Å². The minimum absolute atomic E-state index is 0.0633. The lowest BCUT2D eigenvalue weighted by molar-refractivity contribution is 0.0761. The summed E-state index contributed by atoms with van der Waals surface area (Å²) < 4.78 is 5.14. The third-order valence-corrected chi connectivity index (χ3v) is 5.15. The van der Waals surface area contributed by atoms with Gasteiger partial charge in [0.25, 0.3) is 11.8 Å². The van der Waals surface area contributed by atoms with E-state index >= 15 is 0 Å². The first kappa shape index (κ1) is 19.9. The van der Waals surface area contributed by atoms with Crippen LogP contribution in [0.4, 0.5) is 0 Å². The quantitative estimate of drug-likeness (QED) is 0.832. The van der Waals surface area contributed by atoms with Gasteiger partial charge < -0.3 is 15.0 Å². The van der Waals surface area contributed by atoms with E-state index < -0.39 is 0 Å². The third kappa shape index (κ3) is 5.35. The van der Waals surface area contributed by atoms with E-state index in [2.05, 4.69) is 5.32 Å². The van der Waals surface area contributed by atoms with Crippen LogP contribution in [0, 0.1) is 0 Å². The van der Waals surface area contributed by atoms with Crippen LogP contribution in [-0.2, 0) is 6.42 Å². The topological polar surface area (TPSA) is 58.6 Å². The summed E-state index contributed by atoms with van der Waals surface area (Å²) in [6.07, 6.45) is 5.28. The van der Waals surface area contributed by atoms with Gasteiger partial charge in [-0.25, -0.2) is 0 Å². The van der Waals surface area contributed by atoms with E-state index in [1.807, 2.05) is 29.2 Å². The zero-order valence-electron chi connectivity index (χ0n) is 16.4. The molecule has 0 bridgehead atoms. The maximum atomic E-state index is 12.6. The molecule has 0 atom stereocenters. The highest BCUT2D eigenvalue weighted by Crippen LogP contribution is 2.14. The van der Waals surface area contributed by atoms with E-state index in [0.29, 0.717) is 17.7 Å². The van der Waals surface area contributed by atoms with Crippen LogP contribution in [0.3, 0.4) is 0 Å². The number of amides is 2. The number of carbonyl (C=O) groups is 2. The van der Waals surface area contributed by atoms with Crippen LogP contribution >= 0.6 is 0 Å². The van der Waals surface area contributed by atoms with Crippen molar-refractivity contribution in [3.8, 4) is 5.75 Å². The molecule has 28 heavy (non-hydrogen) atoms. The largest absolute Gasteiger partial charge is 0.497 e. The molecule has 1 aliphatic heterocycles. The molecule has 1 N–H and O–H groups in total. The molecule has 1 heterocycles. The lowest BCUT2D eigenvalue weighted by Crippen LogP contribution is -2.32. The second-order valence-electron chi connectivity index (χ2n) is 7.14. The molecule has 2 aromatic carbocycles. The van der Waals surface area contributed by atoms with Crippen molar-refractivity contribution in [2.24, 2.45) is 0 Å². The Bertz CT molecular complexity index is 776. The van der Waals surface area contributed by atoms with Crippen molar-refractivity contribution in [1.82, 2.24) is 10.2 Å². The van der Waals surface area contributed by atoms with Crippen LogP contribution in [0.1, 0.15) is 52.0 Å². The Morgan fingerprint density at radius 2 is 1.50 bits per heavy atom. The maximum absolute atomic E-state index is 12.6. The molecule has 1 fully saturated rings. The molecule has 0 unspecified atom stereocenters. The lowest BCUT2D eigenvalue weighted by Gasteiger charge is -2.20. The fourth-order valence-corrected chi connectivity index (χ4v) is 3.44. The Morgan fingerprint density at radius 3 is 2.11 bits per heavy atom. The van der Waals surface area contributed by atoms with E-state index in [-0.39, 0.29) is 11.8 Å². The van der Waals surface area contributed by atoms with Crippen LogP contribution in [0.25, 0.3) is 0 Å². The van der Waals surface area contributed by atoms with E-state index in [1.54, 1.807) is 31.4 Å². The summed E-state index contributed by atoms with van der Waals surface area (Å²) in [4.78, 5) is 26.9. The second-order valence-corrected chi connectivity index (χ2v) is 7.14. The fourth-order valence-electron chi connectivity index (χ4n) is 3.44. The summed E-state index contributed by atoms with van der Waals surface area (Å²) >= 11 is 0. The lowest BCUT2D eigenvalue weighted by atomic mass is 10.1. The van der Waals surface area contributed by atoms with Crippen molar-refractivity contribution < 1.29 is 14.3 Å². The number of nitrogens with zero attached hydrogens (tertiary/aromatic N) is 1. The van der Waals surface area contributed by atoms with Crippen molar-refractivity contribution in [3.05, 3.63) is 65.2 Å². The van der Waals surface area contributed by atoms with Crippen molar-refractivity contribution >= 4 is 11.8 Å². The van der Waals surface area contributed by atoms with Crippen LogP contribution in [0.15, 0.2) is 48.5 Å². The smallest absolute Gasteiger partial charge is 0.253 e. The van der Waals surface area contributed by atoms with Crippen molar-refractivity contribution in [3.63, 3.8) is 0 Å². The van der Waals surface area contributed by atoms with Crippen molar-refractivity contribution in [2.75, 3.05) is 26.7 Å². The van der Waals surface area contributed by atoms with Crippen LogP contribution in [0.5, 0.6) is 5.75 Å². The minimum atomic E-state index is -0.123. The van der Waals surface area contributed by atoms with Crippen LogP contribution in [-0.4, -0.2) is 43.5 Å². The number of hydrogen-bond acceptors (Lipinski definition) is 3. The van der Waals surface area contributed by atoms with E-state index in [0.717, 1.165) is 43.7 Å². The Kier molecular flexibility index (Phi) is 7.06. The molecule has 0 aromatic heterocycles. The van der Waals surface area contributed by atoms with E-state index in [1.165, 1.54) is 12.8 Å². The van der Waals surface area contributed by atoms with Crippen LogP contribution < -0.4 is 10.1 Å². The number of nitrogens with one attached hydrogen (secondary N) is 1. The Morgan fingerprint density at radius 1 is 0.893 bits per heavy atom. The molecular weight excluding hydrogens is 352 g/mol. The molecular formula is C23H28N2O3.